The largest absolute Gasteiger partial charge is 0.481 e. The van der Waals surface area contributed by atoms with E-state index in [0.29, 0.717) is 6.07 Å². The van der Waals surface area contributed by atoms with E-state index in [4.69, 9.17) is 5.11 Å². The van der Waals surface area contributed by atoms with E-state index in [1.807, 2.05) is 0 Å². The summed E-state index contributed by atoms with van der Waals surface area (Å²) in [4.78, 5) is 10.3. The van der Waals surface area contributed by atoms with Crippen molar-refractivity contribution < 1.29 is 45.4 Å². The zero-order valence-corrected chi connectivity index (χ0v) is 9.93. The summed E-state index contributed by atoms with van der Waals surface area (Å²) in [7, 11) is 0. The van der Waals surface area contributed by atoms with E-state index < -0.39 is 48.0 Å². The molecule has 0 aliphatic heterocycles. The van der Waals surface area contributed by atoms with Crippen molar-refractivity contribution in [2.24, 2.45) is 0 Å². The van der Waals surface area contributed by atoms with Crippen LogP contribution in [-0.2, 0) is 11.0 Å². The Kier molecular flexibility index (Phi) is 4.69. The van der Waals surface area contributed by atoms with Gasteiger partial charge in [0.05, 0.1) is 12.0 Å². The lowest BCUT2D eigenvalue weighted by molar-refractivity contribution is -0.200. The fourth-order valence-corrected chi connectivity index (χ4v) is 1.34. The van der Waals surface area contributed by atoms with Gasteiger partial charge in [0.2, 0.25) is 6.10 Å². The van der Waals surface area contributed by atoms with Crippen molar-refractivity contribution in [1.29, 1.82) is 0 Å². The van der Waals surface area contributed by atoms with Crippen LogP contribution in [0.5, 0.6) is 5.75 Å². The van der Waals surface area contributed by atoms with E-state index in [2.05, 4.69) is 4.74 Å². The molecule has 0 heterocycles. The van der Waals surface area contributed by atoms with Crippen LogP contribution < -0.4 is 4.74 Å². The first-order chi connectivity index (χ1) is 9.41. The minimum Gasteiger partial charge on any atom is -0.481 e. The zero-order chi connectivity index (χ0) is 16.4. The number of hydrogen-bond acceptors (Lipinski definition) is 2. The lowest BCUT2D eigenvalue weighted by Crippen LogP contribution is -2.36. The second-order valence-electron chi connectivity index (χ2n) is 3.89. The van der Waals surface area contributed by atoms with Gasteiger partial charge in [-0.15, -0.1) is 0 Å². The van der Waals surface area contributed by atoms with E-state index in [9.17, 15) is 35.5 Å². The molecule has 0 aliphatic carbocycles. The molecule has 0 fully saturated rings. The molecule has 0 saturated carbocycles. The molecule has 0 radical (unpaired) electrons. The molecule has 0 saturated heterocycles. The number of carboxylic acid groups (broad SMARTS) is 1. The highest BCUT2D eigenvalue weighted by Gasteiger charge is 2.43. The van der Waals surface area contributed by atoms with Gasteiger partial charge in [0, 0.05) is 0 Å². The Labute approximate surface area is 112 Å². The van der Waals surface area contributed by atoms with Gasteiger partial charge in [-0.3, -0.25) is 4.79 Å². The van der Waals surface area contributed by atoms with Gasteiger partial charge < -0.3 is 9.84 Å². The van der Waals surface area contributed by atoms with Crippen LogP contribution in [0.3, 0.4) is 0 Å². The SMILES string of the molecule is O=C(O)CC(Oc1ccc(F)c(C(F)(F)F)c1)C(F)(F)F. The molecule has 1 aromatic carbocycles. The quantitative estimate of drug-likeness (QED) is 0.862. The van der Waals surface area contributed by atoms with Gasteiger partial charge >= 0.3 is 18.3 Å². The number of ether oxygens (including phenoxy) is 1. The van der Waals surface area contributed by atoms with Gasteiger partial charge in [0.15, 0.2) is 0 Å². The first-order valence-electron chi connectivity index (χ1n) is 5.23. The third kappa shape index (κ3) is 4.80. The molecule has 0 aliphatic rings. The summed E-state index contributed by atoms with van der Waals surface area (Å²) >= 11 is 0. The average molecular weight is 320 g/mol. The fourth-order valence-electron chi connectivity index (χ4n) is 1.34. The van der Waals surface area contributed by atoms with Gasteiger partial charge in [-0.25, -0.2) is 4.39 Å². The molecule has 1 aromatic rings. The van der Waals surface area contributed by atoms with Crippen molar-refractivity contribution >= 4 is 5.97 Å². The van der Waals surface area contributed by atoms with E-state index in [-0.39, 0.29) is 12.1 Å². The Morgan fingerprint density at radius 3 is 2.19 bits per heavy atom. The number of halogens is 7. The van der Waals surface area contributed by atoms with Crippen LogP contribution >= 0.6 is 0 Å². The third-order valence-electron chi connectivity index (χ3n) is 2.25. The molecule has 1 unspecified atom stereocenters. The molecule has 1 N–H and O–H groups in total. The van der Waals surface area contributed by atoms with E-state index in [1.165, 1.54) is 0 Å². The molecule has 0 amide bonds. The Morgan fingerprint density at radius 2 is 1.76 bits per heavy atom. The summed E-state index contributed by atoms with van der Waals surface area (Å²) in [6.45, 7) is 0. The van der Waals surface area contributed by atoms with Crippen LogP contribution in [-0.4, -0.2) is 23.4 Å². The van der Waals surface area contributed by atoms with Gasteiger partial charge in [0.25, 0.3) is 0 Å². The summed E-state index contributed by atoms with van der Waals surface area (Å²) < 4.78 is 91.8. The average Bonchev–Trinajstić information content (AvgIpc) is 2.27. The van der Waals surface area contributed by atoms with Crippen molar-refractivity contribution in [3.8, 4) is 5.75 Å². The first kappa shape index (κ1) is 17.1. The summed E-state index contributed by atoms with van der Waals surface area (Å²) in [5, 5.41) is 8.33. The third-order valence-corrected chi connectivity index (χ3v) is 2.25. The summed E-state index contributed by atoms with van der Waals surface area (Å²) in [5.74, 6) is -4.47. The number of carbonyl (C=O) groups is 1. The summed E-state index contributed by atoms with van der Waals surface area (Å²) in [6, 6.07) is 0.868. The van der Waals surface area contributed by atoms with Crippen molar-refractivity contribution in [3.63, 3.8) is 0 Å². The predicted octanol–water partition coefficient (Wildman–Crippen LogP) is 3.63. The normalized spacial score (nSPS) is 13.9. The monoisotopic (exact) mass is 320 g/mol. The highest BCUT2D eigenvalue weighted by molar-refractivity contribution is 5.67. The van der Waals surface area contributed by atoms with Crippen molar-refractivity contribution in [2.75, 3.05) is 0 Å². The number of hydrogen-bond donors (Lipinski definition) is 1. The molecule has 1 atom stereocenters. The van der Waals surface area contributed by atoms with Crippen molar-refractivity contribution in [3.05, 3.63) is 29.6 Å². The minimum absolute atomic E-state index is 0.0376. The Balaban J connectivity index is 3.08. The number of benzene rings is 1. The smallest absolute Gasteiger partial charge is 0.425 e. The predicted molar refractivity (Wildman–Crippen MR) is 54.1 cm³/mol. The first-order valence-corrected chi connectivity index (χ1v) is 5.23. The second kappa shape index (κ2) is 5.78. The molecule has 0 spiro atoms. The van der Waals surface area contributed by atoms with E-state index in [1.54, 1.807) is 0 Å². The molecule has 10 heteroatoms. The topological polar surface area (TPSA) is 46.5 Å². The minimum atomic E-state index is -5.12. The molecular formula is C11H7F7O3. The summed E-state index contributed by atoms with van der Waals surface area (Å²) in [5.41, 5.74) is -1.81. The number of rotatable bonds is 4. The van der Waals surface area contributed by atoms with Crippen LogP contribution in [0.25, 0.3) is 0 Å². The van der Waals surface area contributed by atoms with Crippen LogP contribution in [0.1, 0.15) is 12.0 Å². The van der Waals surface area contributed by atoms with Crippen molar-refractivity contribution in [1.82, 2.24) is 0 Å². The molecule has 118 valence electrons. The standard InChI is InChI=1S/C11H7F7O3/c12-7-2-1-5(3-6(7)10(13,14)15)21-8(4-9(19)20)11(16,17)18/h1-3,8H,4H2,(H,19,20). The highest BCUT2D eigenvalue weighted by Crippen LogP contribution is 2.35. The van der Waals surface area contributed by atoms with Crippen molar-refractivity contribution in [2.45, 2.75) is 24.9 Å². The maximum Gasteiger partial charge on any atom is 0.425 e. The van der Waals surface area contributed by atoms with Crippen LogP contribution in [0.4, 0.5) is 30.7 Å². The maximum atomic E-state index is 13.0. The molecule has 1 rings (SSSR count). The fraction of sp³-hybridized carbons (Fsp3) is 0.364. The molecule has 3 nitrogen and oxygen atoms in total. The maximum absolute atomic E-state index is 13.0. The van der Waals surface area contributed by atoms with E-state index >= 15 is 0 Å². The lowest BCUT2D eigenvalue weighted by atomic mass is 10.2. The van der Waals surface area contributed by atoms with Gasteiger partial charge in [-0.2, -0.15) is 26.3 Å². The highest BCUT2D eigenvalue weighted by atomic mass is 19.4. The Bertz CT molecular complexity index is 522. The molecule has 21 heavy (non-hydrogen) atoms. The van der Waals surface area contributed by atoms with Gasteiger partial charge in [-0.05, 0) is 18.2 Å². The molecular weight excluding hydrogens is 313 g/mol. The number of alkyl halides is 6. The van der Waals surface area contributed by atoms with Crippen LogP contribution in [0, 0.1) is 5.82 Å². The number of aliphatic carboxylic acids is 1. The summed E-state index contributed by atoms with van der Waals surface area (Å²) in [6.07, 6.45) is -14.6. The number of carboxylic acids is 1. The van der Waals surface area contributed by atoms with Gasteiger partial charge in [-0.1, -0.05) is 0 Å². The van der Waals surface area contributed by atoms with Gasteiger partial charge in [0.1, 0.15) is 11.6 Å². The molecule has 0 aromatic heterocycles. The lowest BCUT2D eigenvalue weighted by Gasteiger charge is -2.21. The van der Waals surface area contributed by atoms with E-state index in [0.717, 1.165) is 0 Å². The second-order valence-corrected chi connectivity index (χ2v) is 3.89. The van der Waals surface area contributed by atoms with Crippen LogP contribution in [0.15, 0.2) is 18.2 Å². The van der Waals surface area contributed by atoms with Crippen LogP contribution in [0.2, 0.25) is 0 Å². The Hall–Kier alpha value is -2.00. The zero-order valence-electron chi connectivity index (χ0n) is 9.93. The molecule has 0 bridgehead atoms. The Morgan fingerprint density at radius 1 is 1.19 bits per heavy atom.